The Kier molecular flexibility index (Phi) is 2.07. The van der Waals surface area contributed by atoms with Crippen molar-refractivity contribution < 1.29 is 8.83 Å². The van der Waals surface area contributed by atoms with Gasteiger partial charge in [0.05, 0.1) is 6.26 Å². The molecule has 2 aromatic heterocycles. The maximum atomic E-state index is 5.53. The molecule has 3 heteroatoms. The van der Waals surface area contributed by atoms with E-state index < -0.39 is 0 Å². The molecule has 0 bridgehead atoms. The molecule has 0 amide bonds. The van der Waals surface area contributed by atoms with Gasteiger partial charge in [-0.3, -0.25) is 0 Å². The van der Waals surface area contributed by atoms with Gasteiger partial charge < -0.3 is 8.83 Å². The molecule has 16 heavy (non-hydrogen) atoms. The summed E-state index contributed by atoms with van der Waals surface area (Å²) in [6.07, 6.45) is 5.25. The van der Waals surface area contributed by atoms with Gasteiger partial charge in [-0.2, -0.15) is 0 Å². The molecular weight excluding hydrogens is 202 g/mol. The molecule has 0 aliphatic carbocycles. The topological polar surface area (TPSA) is 39.2 Å². The summed E-state index contributed by atoms with van der Waals surface area (Å²) in [7, 11) is 0. The molecule has 0 saturated carbocycles. The molecule has 0 atom stereocenters. The highest BCUT2D eigenvalue weighted by atomic mass is 16.3. The number of hydrogen-bond acceptors (Lipinski definition) is 3. The van der Waals surface area contributed by atoms with Crippen LogP contribution in [0.25, 0.3) is 23.3 Å². The van der Waals surface area contributed by atoms with E-state index in [1.54, 1.807) is 12.3 Å². The van der Waals surface area contributed by atoms with Crippen molar-refractivity contribution in [1.82, 2.24) is 4.98 Å². The van der Waals surface area contributed by atoms with E-state index in [2.05, 4.69) is 4.98 Å². The van der Waals surface area contributed by atoms with Crippen molar-refractivity contribution in [1.29, 1.82) is 0 Å². The first-order valence-electron chi connectivity index (χ1n) is 4.99. The molecule has 3 nitrogen and oxygen atoms in total. The van der Waals surface area contributed by atoms with E-state index in [0.717, 1.165) is 16.9 Å². The summed E-state index contributed by atoms with van der Waals surface area (Å²) in [6.45, 7) is 0. The van der Waals surface area contributed by atoms with Gasteiger partial charge in [-0.25, -0.2) is 4.98 Å². The van der Waals surface area contributed by atoms with Crippen molar-refractivity contribution in [3.63, 3.8) is 0 Å². The second-order valence-corrected chi connectivity index (χ2v) is 3.37. The fraction of sp³-hybridized carbons (Fsp3) is 0. The van der Waals surface area contributed by atoms with Gasteiger partial charge in [0.25, 0.3) is 0 Å². The van der Waals surface area contributed by atoms with E-state index in [1.165, 1.54) is 0 Å². The summed E-state index contributed by atoms with van der Waals surface area (Å²) in [5.74, 6) is 1.36. The molecule has 3 rings (SSSR count). The summed E-state index contributed by atoms with van der Waals surface area (Å²) < 4.78 is 10.7. The summed E-state index contributed by atoms with van der Waals surface area (Å²) in [6, 6.07) is 11.4. The van der Waals surface area contributed by atoms with E-state index in [9.17, 15) is 0 Å². The van der Waals surface area contributed by atoms with Crippen LogP contribution in [-0.4, -0.2) is 4.98 Å². The molecule has 0 unspecified atom stereocenters. The summed E-state index contributed by atoms with van der Waals surface area (Å²) in [5.41, 5.74) is 1.66. The fourth-order valence-corrected chi connectivity index (χ4v) is 1.50. The largest absolute Gasteiger partial charge is 0.465 e. The predicted octanol–water partition coefficient (Wildman–Crippen LogP) is 3.59. The minimum atomic E-state index is 0.581. The SMILES string of the molecule is C(=C\c1nc2ccccc2o1)/c1ccco1. The minimum Gasteiger partial charge on any atom is -0.465 e. The van der Waals surface area contributed by atoms with Crippen LogP contribution in [-0.2, 0) is 0 Å². The smallest absolute Gasteiger partial charge is 0.220 e. The zero-order valence-electron chi connectivity index (χ0n) is 8.46. The Hall–Kier alpha value is -2.29. The van der Waals surface area contributed by atoms with Gasteiger partial charge in [-0.1, -0.05) is 12.1 Å². The van der Waals surface area contributed by atoms with Gasteiger partial charge in [0.1, 0.15) is 11.3 Å². The lowest BCUT2D eigenvalue weighted by Gasteiger charge is -1.82. The van der Waals surface area contributed by atoms with Crippen LogP contribution in [0.4, 0.5) is 0 Å². The highest BCUT2D eigenvalue weighted by Gasteiger charge is 2.00. The maximum absolute atomic E-state index is 5.53. The van der Waals surface area contributed by atoms with Crippen LogP contribution < -0.4 is 0 Å². The Morgan fingerprint density at radius 1 is 1.00 bits per heavy atom. The van der Waals surface area contributed by atoms with E-state index in [4.69, 9.17) is 8.83 Å². The number of hydrogen-bond donors (Lipinski definition) is 0. The Morgan fingerprint density at radius 2 is 1.94 bits per heavy atom. The van der Waals surface area contributed by atoms with Gasteiger partial charge >= 0.3 is 0 Å². The highest BCUT2D eigenvalue weighted by molar-refractivity contribution is 5.75. The quantitative estimate of drug-likeness (QED) is 0.650. The molecule has 0 radical (unpaired) electrons. The Morgan fingerprint density at radius 3 is 2.75 bits per heavy atom. The number of aromatic nitrogens is 1. The van der Waals surface area contributed by atoms with Crippen LogP contribution in [0.3, 0.4) is 0 Å². The van der Waals surface area contributed by atoms with Gasteiger partial charge in [0, 0.05) is 6.08 Å². The Balaban J connectivity index is 1.95. The van der Waals surface area contributed by atoms with Crippen LogP contribution in [0.5, 0.6) is 0 Å². The molecule has 0 aliphatic rings. The highest BCUT2D eigenvalue weighted by Crippen LogP contribution is 2.16. The lowest BCUT2D eigenvalue weighted by molar-refractivity contribution is 0.556. The number of para-hydroxylation sites is 2. The van der Waals surface area contributed by atoms with E-state index in [1.807, 2.05) is 42.5 Å². The lowest BCUT2D eigenvalue weighted by atomic mass is 10.3. The zero-order chi connectivity index (χ0) is 10.8. The number of nitrogens with zero attached hydrogens (tertiary/aromatic N) is 1. The molecule has 78 valence electrons. The molecule has 2 heterocycles. The van der Waals surface area contributed by atoms with Crippen molar-refractivity contribution in [2.75, 3.05) is 0 Å². The minimum absolute atomic E-state index is 0.581. The number of rotatable bonds is 2. The first kappa shape index (κ1) is 8.97. The first-order valence-corrected chi connectivity index (χ1v) is 4.99. The van der Waals surface area contributed by atoms with Crippen LogP contribution >= 0.6 is 0 Å². The fourth-order valence-electron chi connectivity index (χ4n) is 1.50. The normalized spacial score (nSPS) is 11.5. The van der Waals surface area contributed by atoms with Crippen molar-refractivity contribution >= 4 is 23.3 Å². The third-order valence-corrected chi connectivity index (χ3v) is 2.24. The van der Waals surface area contributed by atoms with Crippen molar-refractivity contribution in [2.24, 2.45) is 0 Å². The third-order valence-electron chi connectivity index (χ3n) is 2.24. The zero-order valence-corrected chi connectivity index (χ0v) is 8.46. The first-order chi connectivity index (χ1) is 7.92. The number of fused-ring (bicyclic) bond motifs is 1. The Labute approximate surface area is 92.0 Å². The van der Waals surface area contributed by atoms with Crippen molar-refractivity contribution in [3.05, 3.63) is 54.3 Å². The van der Waals surface area contributed by atoms with Crippen LogP contribution in [0, 0.1) is 0 Å². The lowest BCUT2D eigenvalue weighted by Crippen LogP contribution is -1.68. The van der Waals surface area contributed by atoms with E-state index in [-0.39, 0.29) is 0 Å². The van der Waals surface area contributed by atoms with Crippen LogP contribution in [0.1, 0.15) is 11.7 Å². The summed E-state index contributed by atoms with van der Waals surface area (Å²) >= 11 is 0. The average Bonchev–Trinajstić information content (AvgIpc) is 2.95. The third kappa shape index (κ3) is 1.63. The molecule has 0 N–H and O–H groups in total. The number of oxazole rings is 1. The standard InChI is InChI=1S/C13H9NO2/c1-2-6-12-11(5-1)14-13(16-12)8-7-10-4-3-9-15-10/h1-9H/b8-7+. The monoisotopic (exact) mass is 211 g/mol. The van der Waals surface area contributed by atoms with Crippen LogP contribution in [0.15, 0.2) is 51.5 Å². The number of furan rings is 1. The summed E-state index contributed by atoms with van der Waals surface area (Å²) in [5, 5.41) is 0. The predicted molar refractivity (Wildman–Crippen MR) is 61.6 cm³/mol. The van der Waals surface area contributed by atoms with E-state index >= 15 is 0 Å². The van der Waals surface area contributed by atoms with Gasteiger partial charge in [-0.15, -0.1) is 0 Å². The molecule has 3 aromatic rings. The molecule has 1 aromatic carbocycles. The summed E-state index contributed by atoms with van der Waals surface area (Å²) in [4.78, 5) is 4.32. The second kappa shape index (κ2) is 3.70. The molecule has 0 spiro atoms. The molecular formula is C13H9NO2. The molecule has 0 saturated heterocycles. The van der Waals surface area contributed by atoms with Crippen LogP contribution in [0.2, 0.25) is 0 Å². The Bertz CT molecular complexity index is 587. The van der Waals surface area contributed by atoms with E-state index in [0.29, 0.717) is 5.89 Å². The van der Waals surface area contributed by atoms with Crippen molar-refractivity contribution in [3.8, 4) is 0 Å². The number of benzene rings is 1. The molecule has 0 fully saturated rings. The van der Waals surface area contributed by atoms with Gasteiger partial charge in [-0.05, 0) is 30.3 Å². The molecule has 0 aliphatic heterocycles. The second-order valence-electron chi connectivity index (χ2n) is 3.37. The maximum Gasteiger partial charge on any atom is 0.220 e. The average molecular weight is 211 g/mol. The van der Waals surface area contributed by atoms with Crippen molar-refractivity contribution in [2.45, 2.75) is 0 Å². The van der Waals surface area contributed by atoms with Gasteiger partial charge in [0.2, 0.25) is 5.89 Å². The van der Waals surface area contributed by atoms with Gasteiger partial charge in [0.15, 0.2) is 5.58 Å².